The molecule has 0 saturated carbocycles. The molecule has 2 aromatic carbocycles. The lowest BCUT2D eigenvalue weighted by Crippen LogP contribution is -2.26. The molecule has 1 aliphatic heterocycles. The van der Waals surface area contributed by atoms with Gasteiger partial charge in [-0.2, -0.15) is 0 Å². The van der Waals surface area contributed by atoms with Crippen LogP contribution in [0.15, 0.2) is 48.6 Å². The van der Waals surface area contributed by atoms with Crippen LogP contribution in [0.3, 0.4) is 0 Å². The number of carboxylic acids is 2. The normalized spacial score (nSPS) is 15.7. The molecular formula is C24H29NO7. The second kappa shape index (κ2) is 11.8. The average molecular weight is 443 g/mol. The van der Waals surface area contributed by atoms with E-state index in [9.17, 15) is 9.59 Å². The van der Waals surface area contributed by atoms with Crippen molar-refractivity contribution < 1.29 is 34.0 Å². The first-order valence-corrected chi connectivity index (χ1v) is 10.0. The van der Waals surface area contributed by atoms with Crippen LogP contribution < -0.4 is 14.2 Å². The number of hydrogen-bond acceptors (Lipinski definition) is 6. The maximum absolute atomic E-state index is 9.55. The summed E-state index contributed by atoms with van der Waals surface area (Å²) in [5.41, 5.74) is 3.67. The zero-order valence-electron chi connectivity index (χ0n) is 18.7. The number of aliphatic carboxylic acids is 2. The number of likely N-dealkylation sites (N-methyl/N-ethyl adjacent to an activating group) is 1. The molecule has 1 heterocycles. The van der Waals surface area contributed by atoms with Gasteiger partial charge in [0.2, 0.25) is 0 Å². The lowest BCUT2D eigenvalue weighted by atomic mass is 10.00. The van der Waals surface area contributed by atoms with Gasteiger partial charge in [0.1, 0.15) is 11.9 Å². The highest BCUT2D eigenvalue weighted by atomic mass is 16.5. The molecule has 8 nitrogen and oxygen atoms in total. The highest BCUT2D eigenvalue weighted by Crippen LogP contribution is 2.36. The Hall–Kier alpha value is -3.52. The standard InChI is InChI=1S/C20H25NO3.C4H4O4/c1-14-5-7-16(8-6-14)24-20-13-21(2)10-9-15-11-18(22-3)19(23-4)12-17(15)20;5-3(6)1-2-4(7)8/h5-8,11-12,20H,9-10,13H2,1-4H3;1-2H,(H,5,6)(H,7,8)/b;2-1-. The van der Waals surface area contributed by atoms with Crippen molar-refractivity contribution in [2.24, 2.45) is 0 Å². The quantitative estimate of drug-likeness (QED) is 0.655. The van der Waals surface area contributed by atoms with Gasteiger partial charge in [-0.1, -0.05) is 17.7 Å². The Morgan fingerprint density at radius 1 is 1.00 bits per heavy atom. The lowest BCUT2D eigenvalue weighted by Gasteiger charge is -2.23. The van der Waals surface area contributed by atoms with Gasteiger partial charge in [-0.05, 0) is 50.2 Å². The van der Waals surface area contributed by atoms with Gasteiger partial charge < -0.3 is 29.3 Å². The van der Waals surface area contributed by atoms with Crippen molar-refractivity contribution in [2.75, 3.05) is 34.4 Å². The number of fused-ring (bicyclic) bond motifs is 1. The second-order valence-electron chi connectivity index (χ2n) is 7.35. The van der Waals surface area contributed by atoms with E-state index in [2.05, 4.69) is 43.1 Å². The number of nitrogens with zero attached hydrogens (tertiary/aromatic N) is 1. The first-order valence-electron chi connectivity index (χ1n) is 10.0. The maximum atomic E-state index is 9.55. The molecule has 1 aliphatic rings. The monoisotopic (exact) mass is 443 g/mol. The molecule has 0 radical (unpaired) electrons. The molecule has 0 aromatic heterocycles. The largest absolute Gasteiger partial charge is 0.493 e. The van der Waals surface area contributed by atoms with Gasteiger partial charge in [0.25, 0.3) is 0 Å². The van der Waals surface area contributed by atoms with E-state index in [4.69, 9.17) is 24.4 Å². The summed E-state index contributed by atoms with van der Waals surface area (Å²) in [5, 5.41) is 15.6. The number of methoxy groups -OCH3 is 2. The first kappa shape index (κ1) is 24.7. The van der Waals surface area contributed by atoms with Crippen molar-refractivity contribution in [3.63, 3.8) is 0 Å². The molecule has 32 heavy (non-hydrogen) atoms. The summed E-state index contributed by atoms with van der Waals surface area (Å²) in [6.45, 7) is 3.92. The number of aryl methyl sites for hydroxylation is 1. The van der Waals surface area contributed by atoms with Crippen LogP contribution in [-0.2, 0) is 16.0 Å². The molecule has 0 aliphatic carbocycles. The molecule has 1 atom stereocenters. The van der Waals surface area contributed by atoms with E-state index < -0.39 is 11.9 Å². The van der Waals surface area contributed by atoms with Gasteiger partial charge in [0, 0.05) is 30.8 Å². The smallest absolute Gasteiger partial charge is 0.328 e. The molecule has 1 unspecified atom stereocenters. The Morgan fingerprint density at radius 2 is 1.56 bits per heavy atom. The molecule has 0 saturated heterocycles. The van der Waals surface area contributed by atoms with Crippen LogP contribution in [0.2, 0.25) is 0 Å². The summed E-state index contributed by atoms with van der Waals surface area (Å²) in [6, 6.07) is 12.4. The van der Waals surface area contributed by atoms with Crippen LogP contribution in [0.1, 0.15) is 22.8 Å². The molecule has 172 valence electrons. The van der Waals surface area contributed by atoms with Crippen LogP contribution in [0.5, 0.6) is 17.2 Å². The fraction of sp³-hybridized carbons (Fsp3) is 0.333. The molecular weight excluding hydrogens is 414 g/mol. The first-order chi connectivity index (χ1) is 15.2. The summed E-state index contributed by atoms with van der Waals surface area (Å²) in [7, 11) is 5.47. The minimum atomic E-state index is -1.26. The average Bonchev–Trinajstić information content (AvgIpc) is 2.91. The van der Waals surface area contributed by atoms with Gasteiger partial charge in [0.15, 0.2) is 11.5 Å². The summed E-state index contributed by atoms with van der Waals surface area (Å²) in [6.07, 6.45) is 2.06. The minimum absolute atomic E-state index is 0.0324. The van der Waals surface area contributed by atoms with Gasteiger partial charge in [0.05, 0.1) is 14.2 Å². The topological polar surface area (TPSA) is 106 Å². The van der Waals surface area contributed by atoms with Crippen molar-refractivity contribution >= 4 is 11.9 Å². The van der Waals surface area contributed by atoms with Crippen LogP contribution in [0, 0.1) is 6.92 Å². The Morgan fingerprint density at radius 3 is 2.09 bits per heavy atom. The Balaban J connectivity index is 0.000000390. The van der Waals surface area contributed by atoms with Crippen molar-refractivity contribution in [1.29, 1.82) is 0 Å². The molecule has 0 bridgehead atoms. The number of carbonyl (C=O) groups is 2. The van der Waals surface area contributed by atoms with E-state index >= 15 is 0 Å². The Kier molecular flexibility index (Phi) is 9.09. The van der Waals surface area contributed by atoms with Crippen molar-refractivity contribution in [3.05, 3.63) is 65.2 Å². The Labute approximate surface area is 187 Å². The van der Waals surface area contributed by atoms with Gasteiger partial charge in [-0.15, -0.1) is 0 Å². The fourth-order valence-electron chi connectivity index (χ4n) is 3.26. The van der Waals surface area contributed by atoms with Crippen LogP contribution in [0.4, 0.5) is 0 Å². The van der Waals surface area contributed by atoms with E-state index in [1.807, 2.05) is 12.1 Å². The van der Waals surface area contributed by atoms with Gasteiger partial charge in [-0.25, -0.2) is 9.59 Å². The zero-order valence-corrected chi connectivity index (χ0v) is 18.7. The van der Waals surface area contributed by atoms with E-state index in [1.165, 1.54) is 16.7 Å². The van der Waals surface area contributed by atoms with Crippen molar-refractivity contribution in [2.45, 2.75) is 19.4 Å². The van der Waals surface area contributed by atoms with E-state index in [-0.39, 0.29) is 6.10 Å². The predicted molar refractivity (Wildman–Crippen MR) is 120 cm³/mol. The molecule has 2 N–H and O–H groups in total. The maximum Gasteiger partial charge on any atom is 0.328 e. The van der Waals surface area contributed by atoms with Crippen LogP contribution in [-0.4, -0.2) is 61.4 Å². The predicted octanol–water partition coefficient (Wildman–Crippen LogP) is 3.33. The molecule has 3 rings (SSSR count). The number of carboxylic acid groups (broad SMARTS) is 2. The Bertz CT molecular complexity index is 938. The number of benzene rings is 2. The van der Waals surface area contributed by atoms with Crippen molar-refractivity contribution in [3.8, 4) is 17.2 Å². The molecule has 8 heteroatoms. The van der Waals surface area contributed by atoms with E-state index in [0.717, 1.165) is 36.8 Å². The zero-order chi connectivity index (χ0) is 23.7. The third kappa shape index (κ3) is 7.31. The number of hydrogen-bond donors (Lipinski definition) is 2. The molecule has 0 fully saturated rings. The summed E-state index contributed by atoms with van der Waals surface area (Å²) >= 11 is 0. The lowest BCUT2D eigenvalue weighted by molar-refractivity contribution is -0.134. The second-order valence-corrected chi connectivity index (χ2v) is 7.35. The minimum Gasteiger partial charge on any atom is -0.493 e. The van der Waals surface area contributed by atoms with Crippen LogP contribution >= 0.6 is 0 Å². The summed E-state index contributed by atoms with van der Waals surface area (Å²) < 4.78 is 17.3. The van der Waals surface area contributed by atoms with Gasteiger partial charge in [-0.3, -0.25) is 0 Å². The number of rotatable bonds is 6. The van der Waals surface area contributed by atoms with Crippen LogP contribution in [0.25, 0.3) is 0 Å². The third-order valence-corrected chi connectivity index (χ3v) is 4.90. The van der Waals surface area contributed by atoms with E-state index in [1.54, 1.807) is 14.2 Å². The van der Waals surface area contributed by atoms with E-state index in [0.29, 0.717) is 12.2 Å². The fourth-order valence-corrected chi connectivity index (χ4v) is 3.26. The van der Waals surface area contributed by atoms with Crippen molar-refractivity contribution in [1.82, 2.24) is 4.90 Å². The SMILES string of the molecule is COc1cc2c(cc1OC)C(Oc1ccc(C)cc1)CN(C)CC2.O=C(O)/C=C\C(=O)O. The summed E-state index contributed by atoms with van der Waals surface area (Å²) in [5.74, 6) is -0.102. The summed E-state index contributed by atoms with van der Waals surface area (Å²) in [4.78, 5) is 21.4. The highest BCUT2D eigenvalue weighted by molar-refractivity contribution is 5.89. The number of ether oxygens (including phenoxy) is 3. The molecule has 0 amide bonds. The molecule has 0 spiro atoms. The van der Waals surface area contributed by atoms with Gasteiger partial charge >= 0.3 is 11.9 Å². The molecule has 2 aromatic rings. The highest BCUT2D eigenvalue weighted by Gasteiger charge is 2.25. The third-order valence-electron chi connectivity index (χ3n) is 4.90.